The van der Waals surface area contributed by atoms with E-state index in [1.54, 1.807) is 30.6 Å². The van der Waals surface area contributed by atoms with E-state index in [4.69, 9.17) is 9.47 Å². The van der Waals surface area contributed by atoms with Crippen molar-refractivity contribution in [3.8, 4) is 11.5 Å². The van der Waals surface area contributed by atoms with Crippen molar-refractivity contribution < 1.29 is 14.3 Å². The summed E-state index contributed by atoms with van der Waals surface area (Å²) in [6, 6.07) is 18.7. The molecule has 0 atom stereocenters. The van der Waals surface area contributed by atoms with Gasteiger partial charge in [0, 0.05) is 23.5 Å². The Hall–Kier alpha value is -3.34. The number of aromatic nitrogens is 1. The number of pyridine rings is 1. The Morgan fingerprint density at radius 2 is 1.93 bits per heavy atom. The fourth-order valence-electron chi connectivity index (χ4n) is 2.52. The first kappa shape index (κ1) is 18.5. The zero-order valence-corrected chi connectivity index (χ0v) is 15.2. The lowest BCUT2D eigenvalue weighted by molar-refractivity contribution is 0.0946. The number of hydrogen-bond donors (Lipinski definition) is 1. The molecule has 5 heteroatoms. The summed E-state index contributed by atoms with van der Waals surface area (Å²) in [5, 5.41) is 2.86. The second-order valence-electron chi connectivity index (χ2n) is 6.05. The number of nitrogens with one attached hydrogen (secondary N) is 1. The lowest BCUT2D eigenvalue weighted by Gasteiger charge is -2.10. The largest absolute Gasteiger partial charge is 0.491 e. The molecule has 0 fully saturated rings. The van der Waals surface area contributed by atoms with Gasteiger partial charge in [-0.15, -0.1) is 0 Å². The van der Waals surface area contributed by atoms with E-state index in [-0.39, 0.29) is 5.91 Å². The summed E-state index contributed by atoms with van der Waals surface area (Å²) in [7, 11) is 0. The minimum absolute atomic E-state index is 0.157. The van der Waals surface area contributed by atoms with Crippen molar-refractivity contribution in [1.82, 2.24) is 10.3 Å². The number of carbonyl (C=O) groups excluding carboxylic acids is 1. The smallest absolute Gasteiger partial charge is 0.251 e. The Bertz CT molecular complexity index is 881. The van der Waals surface area contributed by atoms with E-state index in [9.17, 15) is 4.79 Å². The summed E-state index contributed by atoms with van der Waals surface area (Å²) in [6.07, 6.45) is 3.47. The minimum Gasteiger partial charge on any atom is -0.491 e. The molecule has 0 aliphatic carbocycles. The molecule has 3 aromatic rings. The Labute approximate surface area is 159 Å². The third kappa shape index (κ3) is 5.57. The summed E-state index contributed by atoms with van der Waals surface area (Å²) >= 11 is 0. The van der Waals surface area contributed by atoms with Crippen molar-refractivity contribution in [2.75, 3.05) is 13.2 Å². The van der Waals surface area contributed by atoms with Crippen LogP contribution >= 0.6 is 0 Å². The Kier molecular flexibility index (Phi) is 6.41. The van der Waals surface area contributed by atoms with E-state index < -0.39 is 0 Å². The first-order valence-electron chi connectivity index (χ1n) is 8.81. The van der Waals surface area contributed by atoms with Crippen molar-refractivity contribution in [2.45, 2.75) is 13.5 Å². The molecule has 1 N–H and O–H groups in total. The molecule has 0 saturated carbocycles. The van der Waals surface area contributed by atoms with Crippen LogP contribution in [0.3, 0.4) is 0 Å². The van der Waals surface area contributed by atoms with Gasteiger partial charge in [-0.2, -0.15) is 0 Å². The molecule has 5 nitrogen and oxygen atoms in total. The number of rotatable bonds is 8. The van der Waals surface area contributed by atoms with Crippen LogP contribution in [0.15, 0.2) is 73.1 Å². The lowest BCUT2D eigenvalue weighted by atomic mass is 10.2. The van der Waals surface area contributed by atoms with Crippen molar-refractivity contribution in [1.29, 1.82) is 0 Å². The number of carbonyl (C=O) groups is 1. The Balaban J connectivity index is 1.47. The maximum Gasteiger partial charge on any atom is 0.251 e. The molecular weight excluding hydrogens is 340 g/mol. The van der Waals surface area contributed by atoms with Crippen LogP contribution in [0.25, 0.3) is 0 Å². The number of nitrogens with zero attached hydrogens (tertiary/aromatic N) is 1. The molecule has 1 aromatic heterocycles. The molecule has 27 heavy (non-hydrogen) atoms. The van der Waals surface area contributed by atoms with Crippen molar-refractivity contribution in [3.05, 3.63) is 89.7 Å². The molecule has 0 aliphatic heterocycles. The highest BCUT2D eigenvalue weighted by atomic mass is 16.5. The van der Waals surface area contributed by atoms with Gasteiger partial charge < -0.3 is 14.8 Å². The van der Waals surface area contributed by atoms with Gasteiger partial charge >= 0.3 is 0 Å². The van der Waals surface area contributed by atoms with Crippen LogP contribution in [-0.2, 0) is 6.61 Å². The predicted octanol–water partition coefficient (Wildman–Crippen LogP) is 3.78. The maximum atomic E-state index is 12.3. The van der Waals surface area contributed by atoms with Crippen molar-refractivity contribution in [3.63, 3.8) is 0 Å². The topological polar surface area (TPSA) is 60.5 Å². The van der Waals surface area contributed by atoms with Gasteiger partial charge in [0.05, 0.1) is 6.54 Å². The number of benzene rings is 2. The Morgan fingerprint density at radius 3 is 2.74 bits per heavy atom. The molecule has 0 bridgehead atoms. The zero-order chi connectivity index (χ0) is 18.9. The van der Waals surface area contributed by atoms with Crippen LogP contribution in [0.5, 0.6) is 11.5 Å². The van der Waals surface area contributed by atoms with Gasteiger partial charge in [-0.1, -0.05) is 30.3 Å². The van der Waals surface area contributed by atoms with E-state index in [0.29, 0.717) is 31.1 Å². The molecule has 2 aromatic carbocycles. The van der Waals surface area contributed by atoms with Crippen LogP contribution in [0.4, 0.5) is 0 Å². The average molecular weight is 362 g/mol. The zero-order valence-electron chi connectivity index (χ0n) is 15.2. The molecule has 138 valence electrons. The molecule has 0 radical (unpaired) electrons. The van der Waals surface area contributed by atoms with Crippen LogP contribution in [0.1, 0.15) is 21.5 Å². The first-order valence-corrected chi connectivity index (χ1v) is 8.81. The number of amides is 1. The minimum atomic E-state index is -0.157. The molecule has 1 amide bonds. The SMILES string of the molecule is Cc1ccccc1OCCNC(=O)c1cccc(OCc2cccnc2)c1. The standard InChI is InChI=1S/C22H22N2O3/c1-17-6-2-3-10-21(17)26-13-12-24-22(25)19-8-4-9-20(14-19)27-16-18-7-5-11-23-15-18/h2-11,14-15H,12-13,16H2,1H3,(H,24,25). The second-order valence-corrected chi connectivity index (χ2v) is 6.05. The summed E-state index contributed by atoms with van der Waals surface area (Å²) in [4.78, 5) is 16.4. The summed E-state index contributed by atoms with van der Waals surface area (Å²) in [5.74, 6) is 1.32. The summed E-state index contributed by atoms with van der Waals surface area (Å²) < 4.78 is 11.4. The molecule has 0 unspecified atom stereocenters. The van der Waals surface area contributed by atoms with E-state index in [2.05, 4.69) is 10.3 Å². The van der Waals surface area contributed by atoms with Gasteiger partial charge in [0.2, 0.25) is 0 Å². The third-order valence-electron chi connectivity index (χ3n) is 3.96. The summed E-state index contributed by atoms with van der Waals surface area (Å²) in [5.41, 5.74) is 2.59. The monoisotopic (exact) mass is 362 g/mol. The molecule has 0 saturated heterocycles. The first-order chi connectivity index (χ1) is 13.2. The van der Waals surface area contributed by atoms with Gasteiger partial charge in [0.25, 0.3) is 5.91 Å². The van der Waals surface area contributed by atoms with Crippen LogP contribution in [-0.4, -0.2) is 24.0 Å². The lowest BCUT2D eigenvalue weighted by Crippen LogP contribution is -2.28. The number of ether oxygens (including phenoxy) is 2. The summed E-state index contributed by atoms with van der Waals surface area (Å²) in [6.45, 7) is 3.23. The number of para-hydroxylation sites is 1. The van der Waals surface area contributed by atoms with Crippen LogP contribution in [0, 0.1) is 6.92 Å². The van der Waals surface area contributed by atoms with E-state index in [0.717, 1.165) is 16.9 Å². The molecule has 1 heterocycles. The Morgan fingerprint density at radius 1 is 1.04 bits per heavy atom. The predicted molar refractivity (Wildman–Crippen MR) is 104 cm³/mol. The highest BCUT2D eigenvalue weighted by Gasteiger charge is 2.07. The average Bonchev–Trinajstić information content (AvgIpc) is 2.72. The molecule has 0 aliphatic rings. The number of hydrogen-bond acceptors (Lipinski definition) is 4. The second kappa shape index (κ2) is 9.38. The van der Waals surface area contributed by atoms with Gasteiger partial charge in [0.1, 0.15) is 24.7 Å². The van der Waals surface area contributed by atoms with Gasteiger partial charge in [-0.05, 0) is 42.8 Å². The van der Waals surface area contributed by atoms with E-state index in [1.165, 1.54) is 0 Å². The van der Waals surface area contributed by atoms with Gasteiger partial charge in [-0.25, -0.2) is 0 Å². The normalized spacial score (nSPS) is 10.3. The molecule has 0 spiro atoms. The van der Waals surface area contributed by atoms with Crippen molar-refractivity contribution in [2.24, 2.45) is 0 Å². The van der Waals surface area contributed by atoms with Crippen molar-refractivity contribution >= 4 is 5.91 Å². The highest BCUT2D eigenvalue weighted by Crippen LogP contribution is 2.16. The van der Waals surface area contributed by atoms with Gasteiger partial charge in [0.15, 0.2) is 0 Å². The molecular formula is C22H22N2O3. The maximum absolute atomic E-state index is 12.3. The van der Waals surface area contributed by atoms with E-state index in [1.807, 2.05) is 49.4 Å². The van der Waals surface area contributed by atoms with E-state index >= 15 is 0 Å². The number of aryl methyl sites for hydroxylation is 1. The fraction of sp³-hybridized carbons (Fsp3) is 0.182. The third-order valence-corrected chi connectivity index (χ3v) is 3.96. The highest BCUT2D eigenvalue weighted by molar-refractivity contribution is 5.94. The van der Waals surface area contributed by atoms with Crippen LogP contribution in [0.2, 0.25) is 0 Å². The van der Waals surface area contributed by atoms with Crippen LogP contribution < -0.4 is 14.8 Å². The fourth-order valence-corrected chi connectivity index (χ4v) is 2.52. The van der Waals surface area contributed by atoms with Gasteiger partial charge in [-0.3, -0.25) is 9.78 Å². The quantitative estimate of drug-likeness (QED) is 0.620. The molecule has 3 rings (SSSR count).